The first-order chi connectivity index (χ1) is 9.98. The van der Waals surface area contributed by atoms with E-state index in [1.54, 1.807) is 6.92 Å². The molecule has 0 bridgehead atoms. The second-order valence-corrected chi connectivity index (χ2v) is 5.31. The van der Waals surface area contributed by atoms with E-state index in [2.05, 4.69) is 0 Å². The molecule has 0 fully saturated rings. The summed E-state index contributed by atoms with van der Waals surface area (Å²) in [7, 11) is 0. The van der Waals surface area contributed by atoms with Crippen LogP contribution in [0.5, 0.6) is 0 Å². The van der Waals surface area contributed by atoms with Gasteiger partial charge in [0.15, 0.2) is 0 Å². The zero-order valence-corrected chi connectivity index (χ0v) is 13.3. The van der Waals surface area contributed by atoms with E-state index >= 15 is 0 Å². The van der Waals surface area contributed by atoms with E-state index in [0.29, 0.717) is 17.0 Å². The molecule has 0 spiro atoms. The molecule has 0 aliphatic carbocycles. The van der Waals surface area contributed by atoms with Crippen LogP contribution in [0.2, 0.25) is 0 Å². The summed E-state index contributed by atoms with van der Waals surface area (Å²) in [5.41, 5.74) is -1.22. The molecule has 1 rings (SSSR count). The maximum Gasteiger partial charge on any atom is 0.471 e. The Balaban J connectivity index is 3.29. The van der Waals surface area contributed by atoms with Gasteiger partial charge in [-0.05, 0) is 47.7 Å². The Bertz CT molecular complexity index is 579. The molecule has 0 aliphatic heterocycles. The van der Waals surface area contributed by atoms with Gasteiger partial charge in [0.2, 0.25) is 0 Å². The van der Waals surface area contributed by atoms with Crippen molar-refractivity contribution in [3.8, 4) is 0 Å². The summed E-state index contributed by atoms with van der Waals surface area (Å²) in [5, 5.41) is 0. The van der Waals surface area contributed by atoms with E-state index in [9.17, 15) is 31.1 Å². The molecule has 2 nitrogen and oxygen atoms in total. The number of allylic oxidation sites excluding steroid dienone is 1. The second-order valence-electron chi connectivity index (χ2n) is 4.15. The van der Waals surface area contributed by atoms with Gasteiger partial charge in [-0.3, -0.25) is 9.69 Å². The number of rotatable bonds is 3. The standard InChI is InChI=1S/C13H10F6INO/c1-2-3-6-21(11(22)13(17,18)19)10-5-4-8(7-9(10)20)12(14,15)16/h2-5,7H,6H2,1H3/b3-2+. The van der Waals surface area contributed by atoms with Crippen LogP contribution in [0.3, 0.4) is 0 Å². The first-order valence-electron chi connectivity index (χ1n) is 5.85. The zero-order valence-electron chi connectivity index (χ0n) is 11.1. The summed E-state index contributed by atoms with van der Waals surface area (Å²) in [6.45, 7) is 1.16. The number of halogens is 7. The number of amides is 1. The van der Waals surface area contributed by atoms with Gasteiger partial charge >= 0.3 is 18.3 Å². The number of alkyl halides is 6. The summed E-state index contributed by atoms with van der Waals surface area (Å²) >= 11 is 1.47. The number of hydrogen-bond donors (Lipinski definition) is 0. The van der Waals surface area contributed by atoms with Crippen LogP contribution in [0.1, 0.15) is 12.5 Å². The Kier molecular flexibility index (Phi) is 5.88. The molecular weight excluding hydrogens is 427 g/mol. The summed E-state index contributed by atoms with van der Waals surface area (Å²) in [6.07, 6.45) is -6.99. The fourth-order valence-corrected chi connectivity index (χ4v) is 2.36. The molecule has 0 saturated carbocycles. The molecule has 1 amide bonds. The smallest absolute Gasteiger partial charge is 0.300 e. The van der Waals surface area contributed by atoms with Crippen molar-refractivity contribution < 1.29 is 31.1 Å². The highest BCUT2D eigenvalue weighted by molar-refractivity contribution is 14.1. The van der Waals surface area contributed by atoms with Crippen molar-refractivity contribution in [3.63, 3.8) is 0 Å². The van der Waals surface area contributed by atoms with E-state index in [-0.39, 0.29) is 9.26 Å². The predicted molar refractivity (Wildman–Crippen MR) is 77.4 cm³/mol. The molecule has 122 valence electrons. The van der Waals surface area contributed by atoms with Crippen molar-refractivity contribution in [2.75, 3.05) is 11.4 Å². The van der Waals surface area contributed by atoms with Gasteiger partial charge in [-0.25, -0.2) is 0 Å². The monoisotopic (exact) mass is 437 g/mol. The largest absolute Gasteiger partial charge is 0.471 e. The second kappa shape index (κ2) is 6.88. The molecule has 22 heavy (non-hydrogen) atoms. The molecule has 0 N–H and O–H groups in total. The minimum absolute atomic E-state index is 0.102. The van der Waals surface area contributed by atoms with Crippen LogP contribution in [-0.4, -0.2) is 18.6 Å². The topological polar surface area (TPSA) is 20.3 Å². The summed E-state index contributed by atoms with van der Waals surface area (Å²) in [6, 6.07) is 2.20. The third-order valence-electron chi connectivity index (χ3n) is 2.58. The van der Waals surface area contributed by atoms with Crippen LogP contribution in [0, 0.1) is 3.57 Å². The molecule has 0 aromatic heterocycles. The first-order valence-corrected chi connectivity index (χ1v) is 6.93. The van der Waals surface area contributed by atoms with E-state index < -0.39 is 30.4 Å². The Morgan fingerprint density at radius 2 is 1.82 bits per heavy atom. The molecule has 0 heterocycles. The fourth-order valence-electron chi connectivity index (χ4n) is 1.56. The van der Waals surface area contributed by atoms with Gasteiger partial charge in [-0.15, -0.1) is 0 Å². The lowest BCUT2D eigenvalue weighted by Crippen LogP contribution is -2.41. The Morgan fingerprint density at radius 1 is 1.23 bits per heavy atom. The van der Waals surface area contributed by atoms with Crippen LogP contribution in [-0.2, 0) is 11.0 Å². The lowest BCUT2D eigenvalue weighted by atomic mass is 10.2. The normalized spacial score (nSPS) is 12.7. The van der Waals surface area contributed by atoms with Gasteiger partial charge < -0.3 is 0 Å². The number of hydrogen-bond acceptors (Lipinski definition) is 1. The maximum atomic E-state index is 12.6. The third kappa shape index (κ3) is 4.62. The Labute approximate surface area is 135 Å². The first kappa shape index (κ1) is 18.8. The van der Waals surface area contributed by atoms with Crippen molar-refractivity contribution in [1.82, 2.24) is 0 Å². The van der Waals surface area contributed by atoms with E-state index in [4.69, 9.17) is 0 Å². The van der Waals surface area contributed by atoms with Crippen LogP contribution in [0.25, 0.3) is 0 Å². The molecule has 0 radical (unpaired) electrons. The minimum Gasteiger partial charge on any atom is -0.300 e. The average molecular weight is 437 g/mol. The van der Waals surface area contributed by atoms with Crippen molar-refractivity contribution in [1.29, 1.82) is 0 Å². The Hall–Kier alpha value is -1.26. The molecule has 1 aromatic rings. The highest BCUT2D eigenvalue weighted by Crippen LogP contribution is 2.34. The van der Waals surface area contributed by atoms with Crippen LogP contribution < -0.4 is 4.90 Å². The minimum atomic E-state index is -5.12. The van der Waals surface area contributed by atoms with Gasteiger partial charge in [0.1, 0.15) is 0 Å². The molecule has 1 aromatic carbocycles. The van der Waals surface area contributed by atoms with E-state index in [1.165, 1.54) is 34.7 Å². The lowest BCUT2D eigenvalue weighted by molar-refractivity contribution is -0.170. The summed E-state index contributed by atoms with van der Waals surface area (Å²) < 4.78 is 75.5. The summed E-state index contributed by atoms with van der Waals surface area (Å²) in [5.74, 6) is -2.14. The highest BCUT2D eigenvalue weighted by Gasteiger charge is 2.43. The number of nitrogens with zero attached hydrogens (tertiary/aromatic N) is 1. The van der Waals surface area contributed by atoms with Crippen LogP contribution in [0.4, 0.5) is 32.0 Å². The van der Waals surface area contributed by atoms with Crippen LogP contribution >= 0.6 is 22.6 Å². The third-order valence-corrected chi connectivity index (χ3v) is 3.44. The quantitative estimate of drug-likeness (QED) is 0.379. The number of benzene rings is 1. The van der Waals surface area contributed by atoms with Crippen molar-refractivity contribution in [3.05, 3.63) is 39.5 Å². The van der Waals surface area contributed by atoms with E-state index in [0.717, 1.165) is 6.07 Å². The fraction of sp³-hybridized carbons (Fsp3) is 0.308. The Morgan fingerprint density at radius 3 is 2.23 bits per heavy atom. The predicted octanol–water partition coefficient (Wildman–Crippen LogP) is 4.78. The molecule has 9 heteroatoms. The van der Waals surface area contributed by atoms with Gasteiger partial charge in [0.25, 0.3) is 0 Å². The zero-order chi connectivity index (χ0) is 17.1. The highest BCUT2D eigenvalue weighted by atomic mass is 127. The number of carbonyl (C=O) groups excluding carboxylic acids is 1. The molecule has 0 unspecified atom stereocenters. The lowest BCUT2D eigenvalue weighted by Gasteiger charge is -2.24. The van der Waals surface area contributed by atoms with Crippen molar-refractivity contribution >= 4 is 34.2 Å². The van der Waals surface area contributed by atoms with Crippen molar-refractivity contribution in [2.45, 2.75) is 19.3 Å². The SMILES string of the molecule is C/C=C/CN(C(=O)C(F)(F)F)c1ccc(C(F)(F)F)cc1I. The number of carbonyl (C=O) groups is 1. The van der Waals surface area contributed by atoms with E-state index in [1.807, 2.05) is 0 Å². The van der Waals surface area contributed by atoms with Gasteiger partial charge in [0.05, 0.1) is 11.3 Å². The maximum absolute atomic E-state index is 12.6. The van der Waals surface area contributed by atoms with Gasteiger partial charge in [0, 0.05) is 10.1 Å². The molecule has 0 aliphatic rings. The number of anilines is 1. The molecule has 0 atom stereocenters. The van der Waals surface area contributed by atoms with Crippen molar-refractivity contribution in [2.24, 2.45) is 0 Å². The average Bonchev–Trinajstić information content (AvgIpc) is 2.38. The van der Waals surface area contributed by atoms with Gasteiger partial charge in [-0.2, -0.15) is 26.3 Å². The molecule has 0 saturated heterocycles. The molecular formula is C13H10F6INO. The summed E-state index contributed by atoms with van der Waals surface area (Å²) in [4.78, 5) is 11.8. The van der Waals surface area contributed by atoms with Crippen LogP contribution in [0.15, 0.2) is 30.4 Å². The van der Waals surface area contributed by atoms with Gasteiger partial charge in [-0.1, -0.05) is 12.2 Å².